The molecule has 0 fully saturated rings. The third-order valence-corrected chi connectivity index (χ3v) is 7.56. The Morgan fingerprint density at radius 3 is 1.86 bits per heavy atom. The maximum atomic E-state index is 3.77. The van der Waals surface area contributed by atoms with Crippen molar-refractivity contribution in [3.8, 4) is 9.75 Å². The van der Waals surface area contributed by atoms with Crippen LogP contribution in [0.3, 0.4) is 0 Å². The van der Waals surface area contributed by atoms with Gasteiger partial charge in [-0.15, -0.1) is 22.7 Å². The molecule has 3 heteroatoms. The number of anilines is 1. The molecule has 0 aliphatic carbocycles. The van der Waals surface area contributed by atoms with Crippen molar-refractivity contribution < 1.29 is 0 Å². The maximum absolute atomic E-state index is 3.77. The number of hydrogen-bond donors (Lipinski definition) is 1. The van der Waals surface area contributed by atoms with Crippen molar-refractivity contribution in [1.29, 1.82) is 0 Å². The molecule has 0 amide bonds. The Bertz CT molecular complexity index is 718. The van der Waals surface area contributed by atoms with Crippen molar-refractivity contribution in [2.45, 2.75) is 71.8 Å². The molecule has 0 spiro atoms. The first-order valence-electron chi connectivity index (χ1n) is 7.97. The topological polar surface area (TPSA) is 12.0 Å². The second-order valence-corrected chi connectivity index (χ2v) is 11.1. The summed E-state index contributed by atoms with van der Waals surface area (Å²) in [7, 11) is 0. The lowest BCUT2D eigenvalue weighted by atomic mass is 9.87. The average molecular weight is 334 g/mol. The Balaban J connectivity index is 2.22. The van der Waals surface area contributed by atoms with E-state index < -0.39 is 0 Å². The van der Waals surface area contributed by atoms with Gasteiger partial charge in [-0.05, 0) is 42.4 Å². The molecule has 1 aliphatic heterocycles. The van der Waals surface area contributed by atoms with Crippen LogP contribution in [0.4, 0.5) is 5.69 Å². The number of nitrogens with one attached hydrogen (secondary N) is 1. The van der Waals surface area contributed by atoms with E-state index in [1.807, 2.05) is 22.7 Å². The largest absolute Gasteiger partial charge is 0.375 e. The molecule has 120 valence electrons. The quantitative estimate of drug-likeness (QED) is 0.563. The van der Waals surface area contributed by atoms with E-state index >= 15 is 0 Å². The minimum absolute atomic E-state index is 0.00143. The zero-order valence-corrected chi connectivity index (χ0v) is 16.6. The Labute approximate surface area is 142 Å². The number of hydrogen-bond acceptors (Lipinski definition) is 3. The van der Waals surface area contributed by atoms with Crippen LogP contribution in [-0.2, 0) is 16.4 Å². The highest BCUT2D eigenvalue weighted by molar-refractivity contribution is 7.23. The van der Waals surface area contributed by atoms with Crippen LogP contribution in [-0.4, -0.2) is 0 Å². The van der Waals surface area contributed by atoms with Gasteiger partial charge in [0.05, 0.1) is 21.0 Å². The summed E-state index contributed by atoms with van der Waals surface area (Å²) in [6.07, 6.45) is 0. The molecule has 2 aromatic heterocycles. The number of thiophene rings is 2. The van der Waals surface area contributed by atoms with Crippen LogP contribution in [0.25, 0.3) is 9.75 Å². The molecule has 0 aromatic carbocycles. The standard InChI is InChI=1S/C19H27NS2/c1-17(2,3)13-9-11-15(21-13)16-12(20-19(11,7)8)10-14(22-16)18(4,5)6/h9-10,20H,1-8H3. The summed E-state index contributed by atoms with van der Waals surface area (Å²) in [6, 6.07) is 4.79. The molecule has 1 aliphatic rings. The summed E-state index contributed by atoms with van der Waals surface area (Å²) in [5.41, 5.74) is 3.19. The first-order valence-corrected chi connectivity index (χ1v) is 9.60. The fraction of sp³-hybridized carbons (Fsp3) is 0.579. The van der Waals surface area contributed by atoms with Gasteiger partial charge >= 0.3 is 0 Å². The van der Waals surface area contributed by atoms with Crippen LogP contribution in [0, 0.1) is 0 Å². The van der Waals surface area contributed by atoms with Gasteiger partial charge in [-0.1, -0.05) is 41.5 Å². The van der Waals surface area contributed by atoms with Crippen molar-refractivity contribution in [2.75, 3.05) is 5.32 Å². The lowest BCUT2D eigenvalue weighted by Gasteiger charge is -2.32. The van der Waals surface area contributed by atoms with E-state index in [0.29, 0.717) is 0 Å². The molecule has 0 atom stereocenters. The van der Waals surface area contributed by atoms with E-state index in [0.717, 1.165) is 0 Å². The molecule has 0 saturated carbocycles. The highest BCUT2D eigenvalue weighted by Gasteiger charge is 2.36. The van der Waals surface area contributed by atoms with Crippen LogP contribution in [0.2, 0.25) is 0 Å². The van der Waals surface area contributed by atoms with Gasteiger partial charge in [-0.2, -0.15) is 0 Å². The van der Waals surface area contributed by atoms with Gasteiger partial charge in [0.25, 0.3) is 0 Å². The van der Waals surface area contributed by atoms with Gasteiger partial charge in [-0.25, -0.2) is 0 Å². The minimum atomic E-state index is -0.00143. The Morgan fingerprint density at radius 1 is 0.818 bits per heavy atom. The van der Waals surface area contributed by atoms with E-state index in [2.05, 4.69) is 72.8 Å². The van der Waals surface area contributed by atoms with E-state index in [-0.39, 0.29) is 16.4 Å². The second-order valence-electron chi connectivity index (χ2n) is 8.96. The number of rotatable bonds is 0. The molecule has 0 bridgehead atoms. The molecule has 3 rings (SSSR count). The second kappa shape index (κ2) is 4.61. The maximum Gasteiger partial charge on any atom is 0.0681 e. The van der Waals surface area contributed by atoms with Crippen LogP contribution < -0.4 is 5.32 Å². The summed E-state index contributed by atoms with van der Waals surface area (Å²) < 4.78 is 0. The van der Waals surface area contributed by atoms with Crippen molar-refractivity contribution in [3.05, 3.63) is 27.5 Å². The molecule has 3 heterocycles. The monoisotopic (exact) mass is 333 g/mol. The van der Waals surface area contributed by atoms with E-state index in [1.165, 1.54) is 30.8 Å². The summed E-state index contributed by atoms with van der Waals surface area (Å²) in [4.78, 5) is 5.84. The van der Waals surface area contributed by atoms with E-state index in [1.54, 1.807) is 0 Å². The summed E-state index contributed by atoms with van der Waals surface area (Å²) >= 11 is 3.94. The summed E-state index contributed by atoms with van der Waals surface area (Å²) in [6.45, 7) is 18.4. The van der Waals surface area contributed by atoms with Crippen LogP contribution in [0.1, 0.15) is 70.7 Å². The minimum Gasteiger partial charge on any atom is -0.375 e. The zero-order chi connectivity index (χ0) is 16.5. The van der Waals surface area contributed by atoms with Gasteiger partial charge < -0.3 is 5.32 Å². The molecule has 2 aromatic rings. The van der Waals surface area contributed by atoms with E-state index in [4.69, 9.17) is 0 Å². The van der Waals surface area contributed by atoms with Crippen molar-refractivity contribution >= 4 is 28.4 Å². The summed E-state index contributed by atoms with van der Waals surface area (Å²) in [5.74, 6) is 0. The van der Waals surface area contributed by atoms with Crippen LogP contribution >= 0.6 is 22.7 Å². The molecule has 1 N–H and O–H groups in total. The molecular formula is C19H27NS2. The highest BCUT2D eigenvalue weighted by atomic mass is 32.1. The van der Waals surface area contributed by atoms with Crippen LogP contribution in [0.15, 0.2) is 12.1 Å². The molecule has 1 nitrogen and oxygen atoms in total. The fourth-order valence-corrected chi connectivity index (χ4v) is 5.52. The first kappa shape index (κ1) is 16.1. The van der Waals surface area contributed by atoms with Crippen molar-refractivity contribution in [2.24, 2.45) is 0 Å². The van der Waals surface area contributed by atoms with E-state index in [9.17, 15) is 0 Å². The van der Waals surface area contributed by atoms with Gasteiger partial charge in [0.1, 0.15) is 0 Å². The predicted molar refractivity (Wildman–Crippen MR) is 102 cm³/mol. The van der Waals surface area contributed by atoms with Crippen molar-refractivity contribution in [3.63, 3.8) is 0 Å². The van der Waals surface area contributed by atoms with Gasteiger partial charge in [0.2, 0.25) is 0 Å². The van der Waals surface area contributed by atoms with Gasteiger partial charge in [0, 0.05) is 9.75 Å². The fourth-order valence-electron chi connectivity index (χ4n) is 2.82. The lowest BCUT2D eigenvalue weighted by molar-refractivity contribution is 0.589. The predicted octanol–water partition coefficient (Wildman–Crippen LogP) is 6.73. The van der Waals surface area contributed by atoms with Gasteiger partial charge in [0.15, 0.2) is 0 Å². The SMILES string of the molecule is CC(C)(C)c1cc2c(s1)-c1sc(C(C)(C)C)cc1C(C)(C)N2. The van der Waals surface area contributed by atoms with Crippen molar-refractivity contribution in [1.82, 2.24) is 0 Å². The molecule has 0 unspecified atom stereocenters. The zero-order valence-electron chi connectivity index (χ0n) is 15.0. The smallest absolute Gasteiger partial charge is 0.0681 e. The Hall–Kier alpha value is -0.800. The number of fused-ring (bicyclic) bond motifs is 3. The van der Waals surface area contributed by atoms with Gasteiger partial charge in [-0.3, -0.25) is 0 Å². The Kier molecular flexibility index (Phi) is 3.37. The summed E-state index contributed by atoms with van der Waals surface area (Å²) in [5, 5.41) is 3.77. The molecular weight excluding hydrogens is 306 g/mol. The molecule has 0 radical (unpaired) electrons. The third-order valence-electron chi connectivity index (χ3n) is 4.27. The lowest BCUT2D eigenvalue weighted by Crippen LogP contribution is -2.30. The first-order chi connectivity index (χ1) is 9.89. The molecule has 0 saturated heterocycles. The third kappa shape index (κ3) is 2.52. The average Bonchev–Trinajstić information content (AvgIpc) is 2.88. The molecule has 22 heavy (non-hydrogen) atoms. The normalized spacial score (nSPS) is 16.9. The van der Waals surface area contributed by atoms with Crippen LogP contribution in [0.5, 0.6) is 0 Å². The highest BCUT2D eigenvalue weighted by Crippen LogP contribution is 2.53. The Morgan fingerprint density at radius 2 is 1.32 bits per heavy atom.